The Labute approximate surface area is 106 Å². The van der Waals surface area contributed by atoms with Gasteiger partial charge in [0.2, 0.25) is 0 Å². The Bertz CT molecular complexity index is 390. The van der Waals surface area contributed by atoms with Gasteiger partial charge in [-0.15, -0.1) is 0 Å². The molecule has 0 bridgehead atoms. The molecule has 0 heterocycles. The van der Waals surface area contributed by atoms with Crippen LogP contribution in [0.4, 0.5) is 0 Å². The first-order valence-corrected chi connectivity index (χ1v) is 5.77. The molecule has 0 spiro atoms. The van der Waals surface area contributed by atoms with Gasteiger partial charge in [-0.2, -0.15) is 0 Å². The van der Waals surface area contributed by atoms with E-state index in [1.165, 1.54) is 6.47 Å². The van der Waals surface area contributed by atoms with Crippen molar-refractivity contribution in [3.05, 3.63) is 29.8 Å². The van der Waals surface area contributed by atoms with E-state index in [2.05, 4.69) is 0 Å². The Morgan fingerprint density at radius 1 is 1.44 bits per heavy atom. The van der Waals surface area contributed by atoms with E-state index in [0.717, 1.165) is 12.8 Å². The van der Waals surface area contributed by atoms with Crippen molar-refractivity contribution in [2.45, 2.75) is 25.9 Å². The first-order valence-electron chi connectivity index (χ1n) is 5.77. The van der Waals surface area contributed by atoms with Crippen LogP contribution >= 0.6 is 0 Å². The smallest absolute Gasteiger partial charge is 0.417 e. The van der Waals surface area contributed by atoms with Crippen LogP contribution in [0.5, 0.6) is 5.75 Å². The van der Waals surface area contributed by atoms with E-state index < -0.39 is 0 Å². The van der Waals surface area contributed by atoms with Crippen LogP contribution in [0.15, 0.2) is 24.3 Å². The number of nitrogens with two attached hydrogens (primary N) is 1. The average molecular weight is 249 g/mol. The molecule has 18 heavy (non-hydrogen) atoms. The van der Waals surface area contributed by atoms with E-state index in [1.807, 2.05) is 6.92 Å². The third-order valence-corrected chi connectivity index (χ3v) is 2.43. The SMILES string of the molecule is CCCC(COc1ccc(C(=N)N)cc1)O[C]=O. The second-order valence-corrected chi connectivity index (χ2v) is 3.86. The third-order valence-electron chi connectivity index (χ3n) is 2.43. The average Bonchev–Trinajstić information content (AvgIpc) is 2.37. The molecule has 5 heteroatoms. The predicted molar refractivity (Wildman–Crippen MR) is 68.4 cm³/mol. The van der Waals surface area contributed by atoms with Crippen molar-refractivity contribution in [2.75, 3.05) is 6.61 Å². The largest absolute Gasteiger partial charge is 0.490 e. The van der Waals surface area contributed by atoms with Crippen molar-refractivity contribution >= 4 is 12.3 Å². The van der Waals surface area contributed by atoms with E-state index in [1.54, 1.807) is 24.3 Å². The highest BCUT2D eigenvalue weighted by Gasteiger charge is 2.09. The zero-order chi connectivity index (χ0) is 13.4. The Morgan fingerprint density at radius 3 is 2.61 bits per heavy atom. The Kier molecular flexibility index (Phi) is 5.70. The normalized spacial score (nSPS) is 11.6. The summed E-state index contributed by atoms with van der Waals surface area (Å²) in [5.74, 6) is 0.667. The van der Waals surface area contributed by atoms with Gasteiger partial charge in [0.15, 0.2) is 0 Å². The van der Waals surface area contributed by atoms with Gasteiger partial charge < -0.3 is 15.2 Å². The molecule has 0 aliphatic heterocycles. The Morgan fingerprint density at radius 2 is 2.11 bits per heavy atom. The minimum Gasteiger partial charge on any atom is -0.490 e. The quantitative estimate of drug-likeness (QED) is 0.541. The molecule has 1 aromatic rings. The van der Waals surface area contributed by atoms with E-state index in [9.17, 15) is 4.79 Å². The number of hydrogen-bond acceptors (Lipinski definition) is 4. The molecule has 1 unspecified atom stereocenters. The van der Waals surface area contributed by atoms with Crippen molar-refractivity contribution in [1.82, 2.24) is 0 Å². The van der Waals surface area contributed by atoms with Crippen molar-refractivity contribution in [1.29, 1.82) is 5.41 Å². The lowest BCUT2D eigenvalue weighted by Crippen LogP contribution is -2.21. The molecule has 3 N–H and O–H groups in total. The number of ether oxygens (including phenoxy) is 2. The van der Waals surface area contributed by atoms with Crippen LogP contribution in [0.2, 0.25) is 0 Å². The van der Waals surface area contributed by atoms with Crippen LogP contribution in [-0.4, -0.2) is 25.0 Å². The van der Waals surface area contributed by atoms with Gasteiger partial charge in [-0.25, -0.2) is 4.79 Å². The zero-order valence-electron chi connectivity index (χ0n) is 10.3. The number of rotatable bonds is 8. The highest BCUT2D eigenvalue weighted by Crippen LogP contribution is 2.13. The van der Waals surface area contributed by atoms with Crippen LogP contribution in [0.1, 0.15) is 25.3 Å². The summed E-state index contributed by atoms with van der Waals surface area (Å²) in [6.45, 7) is 3.74. The zero-order valence-corrected chi connectivity index (χ0v) is 10.3. The van der Waals surface area contributed by atoms with Gasteiger partial charge in [0.05, 0.1) is 0 Å². The fourth-order valence-electron chi connectivity index (χ4n) is 1.49. The molecule has 0 aromatic heterocycles. The van der Waals surface area contributed by atoms with Gasteiger partial charge in [0, 0.05) is 5.56 Å². The van der Waals surface area contributed by atoms with Crippen LogP contribution in [0.25, 0.3) is 0 Å². The first kappa shape index (κ1) is 14.0. The molecule has 0 amide bonds. The molecular weight excluding hydrogens is 232 g/mol. The summed E-state index contributed by atoms with van der Waals surface area (Å²) in [5, 5.41) is 7.26. The highest BCUT2D eigenvalue weighted by molar-refractivity contribution is 5.94. The van der Waals surface area contributed by atoms with Gasteiger partial charge in [0.1, 0.15) is 24.3 Å². The van der Waals surface area contributed by atoms with E-state index in [-0.39, 0.29) is 11.9 Å². The van der Waals surface area contributed by atoms with Crippen LogP contribution < -0.4 is 10.5 Å². The number of benzene rings is 1. The maximum absolute atomic E-state index is 10.2. The summed E-state index contributed by atoms with van der Waals surface area (Å²) >= 11 is 0. The molecule has 97 valence electrons. The molecule has 1 rings (SSSR count). The maximum Gasteiger partial charge on any atom is 0.417 e. The predicted octanol–water partition coefficient (Wildman–Crippen LogP) is 1.60. The summed E-state index contributed by atoms with van der Waals surface area (Å²) in [6, 6.07) is 6.87. The van der Waals surface area contributed by atoms with Crippen molar-refractivity contribution in [3.63, 3.8) is 0 Å². The summed E-state index contributed by atoms with van der Waals surface area (Å²) in [6.07, 6.45) is 1.36. The number of amidine groups is 1. The van der Waals surface area contributed by atoms with Gasteiger partial charge in [-0.1, -0.05) is 13.3 Å². The molecule has 1 aromatic carbocycles. The van der Waals surface area contributed by atoms with Gasteiger partial charge in [-0.3, -0.25) is 5.41 Å². The Hall–Kier alpha value is -2.04. The van der Waals surface area contributed by atoms with Crippen molar-refractivity contribution < 1.29 is 14.3 Å². The van der Waals surface area contributed by atoms with Gasteiger partial charge in [0.25, 0.3) is 0 Å². The minimum atomic E-state index is -0.278. The third kappa shape index (κ3) is 4.45. The number of nitrogen functional groups attached to an aromatic ring is 1. The topological polar surface area (TPSA) is 85.4 Å². The van der Waals surface area contributed by atoms with E-state index in [4.69, 9.17) is 20.6 Å². The summed E-state index contributed by atoms with van der Waals surface area (Å²) in [4.78, 5) is 10.2. The molecule has 5 nitrogen and oxygen atoms in total. The molecule has 0 aliphatic rings. The van der Waals surface area contributed by atoms with Crippen molar-refractivity contribution in [3.8, 4) is 5.75 Å². The standard InChI is InChI=1S/C13H17N2O3/c1-2-3-12(18-9-16)8-17-11-6-4-10(5-7-11)13(14)15/h4-7,12H,2-3,8H2,1H3,(H3,14,15). The second kappa shape index (κ2) is 7.32. The lowest BCUT2D eigenvalue weighted by molar-refractivity contribution is 0.105. The fourth-order valence-corrected chi connectivity index (χ4v) is 1.49. The molecule has 0 aliphatic carbocycles. The minimum absolute atomic E-state index is 0.0179. The van der Waals surface area contributed by atoms with Gasteiger partial charge >= 0.3 is 6.47 Å². The molecule has 0 saturated carbocycles. The molecule has 0 saturated heterocycles. The second-order valence-electron chi connectivity index (χ2n) is 3.86. The summed E-state index contributed by atoms with van der Waals surface area (Å²) < 4.78 is 10.3. The lowest BCUT2D eigenvalue weighted by atomic mass is 10.2. The highest BCUT2D eigenvalue weighted by atomic mass is 16.6. The Balaban J connectivity index is 2.51. The number of nitrogens with one attached hydrogen (secondary N) is 1. The lowest BCUT2D eigenvalue weighted by Gasteiger charge is -2.14. The van der Waals surface area contributed by atoms with Crippen LogP contribution in [0.3, 0.4) is 0 Å². The van der Waals surface area contributed by atoms with Crippen molar-refractivity contribution in [2.24, 2.45) is 5.73 Å². The molecular formula is C13H17N2O3. The summed E-state index contributed by atoms with van der Waals surface area (Å²) in [5.41, 5.74) is 5.99. The fraction of sp³-hybridized carbons (Fsp3) is 0.385. The monoisotopic (exact) mass is 249 g/mol. The number of carbonyl (C=O) groups excluding carboxylic acids is 1. The van der Waals surface area contributed by atoms with Crippen LogP contribution in [-0.2, 0) is 9.53 Å². The maximum atomic E-state index is 10.2. The number of hydrogen-bond donors (Lipinski definition) is 2. The van der Waals surface area contributed by atoms with E-state index >= 15 is 0 Å². The summed E-state index contributed by atoms with van der Waals surface area (Å²) in [7, 11) is 0. The van der Waals surface area contributed by atoms with Crippen LogP contribution in [0, 0.1) is 5.41 Å². The van der Waals surface area contributed by atoms with E-state index in [0.29, 0.717) is 17.9 Å². The molecule has 1 radical (unpaired) electrons. The van der Waals surface area contributed by atoms with Gasteiger partial charge in [-0.05, 0) is 30.7 Å². The molecule has 1 atom stereocenters. The molecule has 0 fully saturated rings. The first-order chi connectivity index (χ1) is 8.67.